The van der Waals surface area contributed by atoms with Crippen LogP contribution in [0.15, 0.2) is 0 Å². The standard InChI is InChI=1S/C16H28N2O3.ClH/c19-15(17-12-13-4-2-1-3-5-13)8-11-18-9-6-14(7-10-18)16(20)21;/h13-14H,1-12H2,(H,17,19)(H,20,21);1H. The molecule has 5 nitrogen and oxygen atoms in total. The molecule has 22 heavy (non-hydrogen) atoms. The van der Waals surface area contributed by atoms with Crippen molar-refractivity contribution in [2.24, 2.45) is 11.8 Å². The molecule has 0 aromatic carbocycles. The smallest absolute Gasteiger partial charge is 0.306 e. The number of carbonyl (C=O) groups excluding carboxylic acids is 1. The van der Waals surface area contributed by atoms with Gasteiger partial charge in [-0.1, -0.05) is 19.3 Å². The maximum Gasteiger partial charge on any atom is 0.306 e. The molecule has 2 aliphatic rings. The summed E-state index contributed by atoms with van der Waals surface area (Å²) >= 11 is 0. The van der Waals surface area contributed by atoms with Crippen molar-refractivity contribution >= 4 is 24.3 Å². The van der Waals surface area contributed by atoms with Crippen LogP contribution in [0.25, 0.3) is 0 Å². The fourth-order valence-electron chi connectivity index (χ4n) is 3.40. The molecule has 2 fully saturated rings. The minimum atomic E-state index is -0.681. The summed E-state index contributed by atoms with van der Waals surface area (Å²) in [6.45, 7) is 3.18. The Labute approximate surface area is 139 Å². The van der Waals surface area contributed by atoms with Gasteiger partial charge in [-0.15, -0.1) is 12.4 Å². The zero-order chi connectivity index (χ0) is 15.1. The summed E-state index contributed by atoms with van der Waals surface area (Å²) < 4.78 is 0. The lowest BCUT2D eigenvalue weighted by molar-refractivity contribution is -0.143. The number of hydrogen-bond donors (Lipinski definition) is 2. The van der Waals surface area contributed by atoms with Crippen LogP contribution >= 0.6 is 12.4 Å². The molecule has 1 saturated carbocycles. The number of hydrogen-bond acceptors (Lipinski definition) is 3. The second-order valence-corrected chi connectivity index (χ2v) is 6.51. The van der Waals surface area contributed by atoms with E-state index in [0.29, 0.717) is 25.2 Å². The topological polar surface area (TPSA) is 69.6 Å². The number of carbonyl (C=O) groups is 2. The molecular formula is C16H29ClN2O3. The quantitative estimate of drug-likeness (QED) is 0.783. The van der Waals surface area contributed by atoms with E-state index in [1.54, 1.807) is 0 Å². The van der Waals surface area contributed by atoms with Crippen LogP contribution in [0.3, 0.4) is 0 Å². The number of likely N-dealkylation sites (tertiary alicyclic amines) is 1. The molecule has 0 bridgehead atoms. The first-order valence-corrected chi connectivity index (χ1v) is 8.37. The van der Waals surface area contributed by atoms with Crippen LogP contribution in [0.2, 0.25) is 0 Å². The third-order valence-corrected chi connectivity index (χ3v) is 4.90. The van der Waals surface area contributed by atoms with Crippen LogP contribution in [0.1, 0.15) is 51.4 Å². The van der Waals surface area contributed by atoms with E-state index in [2.05, 4.69) is 10.2 Å². The van der Waals surface area contributed by atoms with Gasteiger partial charge in [0.25, 0.3) is 0 Å². The van der Waals surface area contributed by atoms with Crippen molar-refractivity contribution < 1.29 is 14.7 Å². The van der Waals surface area contributed by atoms with Crippen LogP contribution < -0.4 is 5.32 Å². The van der Waals surface area contributed by atoms with E-state index >= 15 is 0 Å². The van der Waals surface area contributed by atoms with Gasteiger partial charge in [-0.2, -0.15) is 0 Å². The number of nitrogens with one attached hydrogen (secondary N) is 1. The Kier molecular flexibility index (Phi) is 8.79. The summed E-state index contributed by atoms with van der Waals surface area (Å²) in [6.07, 6.45) is 8.41. The zero-order valence-corrected chi connectivity index (χ0v) is 14.1. The average molecular weight is 333 g/mol. The molecule has 1 saturated heterocycles. The number of nitrogens with zero attached hydrogens (tertiary/aromatic N) is 1. The van der Waals surface area contributed by atoms with Crippen LogP contribution in [0, 0.1) is 11.8 Å². The van der Waals surface area contributed by atoms with E-state index in [4.69, 9.17) is 5.11 Å². The second-order valence-electron chi connectivity index (χ2n) is 6.51. The molecule has 6 heteroatoms. The molecule has 1 aliphatic carbocycles. The third kappa shape index (κ3) is 6.53. The van der Waals surface area contributed by atoms with Crippen molar-refractivity contribution in [3.8, 4) is 0 Å². The molecule has 0 spiro atoms. The lowest BCUT2D eigenvalue weighted by atomic mass is 9.89. The Hall–Kier alpha value is -0.810. The predicted molar refractivity (Wildman–Crippen MR) is 88.2 cm³/mol. The molecule has 2 N–H and O–H groups in total. The molecule has 0 unspecified atom stereocenters. The summed E-state index contributed by atoms with van der Waals surface area (Å²) in [5.74, 6) is -0.0591. The van der Waals surface area contributed by atoms with Crippen molar-refractivity contribution in [1.82, 2.24) is 10.2 Å². The lowest BCUT2D eigenvalue weighted by Gasteiger charge is -2.29. The Morgan fingerprint density at radius 2 is 1.68 bits per heavy atom. The minimum Gasteiger partial charge on any atom is -0.481 e. The van der Waals surface area contributed by atoms with Gasteiger partial charge in [-0.05, 0) is 44.7 Å². The highest BCUT2D eigenvalue weighted by Crippen LogP contribution is 2.22. The molecule has 0 radical (unpaired) electrons. The van der Waals surface area contributed by atoms with E-state index in [-0.39, 0.29) is 24.2 Å². The number of carboxylic acid groups (broad SMARTS) is 1. The molecule has 1 amide bonds. The molecular weight excluding hydrogens is 304 g/mol. The van der Waals surface area contributed by atoms with Crippen LogP contribution in [0.4, 0.5) is 0 Å². The molecule has 0 aromatic heterocycles. The largest absolute Gasteiger partial charge is 0.481 e. The predicted octanol–water partition coefficient (Wildman–Crippen LogP) is 2.29. The number of aliphatic carboxylic acids is 1. The van der Waals surface area contributed by atoms with E-state index in [0.717, 1.165) is 26.2 Å². The number of rotatable bonds is 6. The highest BCUT2D eigenvalue weighted by molar-refractivity contribution is 5.85. The maximum absolute atomic E-state index is 11.9. The lowest BCUT2D eigenvalue weighted by Crippen LogP contribution is -2.39. The average Bonchev–Trinajstić information content (AvgIpc) is 2.52. The molecule has 0 aromatic rings. The summed E-state index contributed by atoms with van der Waals surface area (Å²) in [7, 11) is 0. The first-order chi connectivity index (χ1) is 10.1. The van der Waals surface area contributed by atoms with Gasteiger partial charge >= 0.3 is 5.97 Å². The highest BCUT2D eigenvalue weighted by atomic mass is 35.5. The number of halogens is 1. The summed E-state index contributed by atoms with van der Waals surface area (Å²) in [5.41, 5.74) is 0. The summed E-state index contributed by atoms with van der Waals surface area (Å²) in [6, 6.07) is 0. The van der Waals surface area contributed by atoms with Crippen molar-refractivity contribution in [2.45, 2.75) is 51.4 Å². The minimum absolute atomic E-state index is 0. The van der Waals surface area contributed by atoms with E-state index in [1.807, 2.05) is 0 Å². The van der Waals surface area contributed by atoms with Gasteiger partial charge in [0.05, 0.1) is 5.92 Å². The SMILES string of the molecule is Cl.O=C(CCN1CCC(C(=O)O)CC1)NCC1CCCCC1. The number of piperidine rings is 1. The molecule has 128 valence electrons. The van der Waals surface area contributed by atoms with Gasteiger partial charge in [-0.25, -0.2) is 0 Å². The van der Waals surface area contributed by atoms with Gasteiger partial charge in [0.15, 0.2) is 0 Å². The van der Waals surface area contributed by atoms with Gasteiger partial charge in [0.2, 0.25) is 5.91 Å². The van der Waals surface area contributed by atoms with Crippen molar-refractivity contribution in [1.29, 1.82) is 0 Å². The molecule has 1 heterocycles. The zero-order valence-electron chi connectivity index (χ0n) is 13.3. The fraction of sp³-hybridized carbons (Fsp3) is 0.875. The van der Waals surface area contributed by atoms with E-state index < -0.39 is 5.97 Å². The van der Waals surface area contributed by atoms with Gasteiger partial charge < -0.3 is 15.3 Å². The molecule has 2 rings (SSSR count). The van der Waals surface area contributed by atoms with Gasteiger partial charge in [0.1, 0.15) is 0 Å². The molecule has 0 atom stereocenters. The third-order valence-electron chi connectivity index (χ3n) is 4.90. The highest BCUT2D eigenvalue weighted by Gasteiger charge is 2.24. The van der Waals surface area contributed by atoms with Gasteiger partial charge in [-0.3, -0.25) is 9.59 Å². The van der Waals surface area contributed by atoms with Gasteiger partial charge in [0, 0.05) is 19.5 Å². The Morgan fingerprint density at radius 1 is 1.05 bits per heavy atom. The van der Waals surface area contributed by atoms with Crippen LogP contribution in [-0.2, 0) is 9.59 Å². The van der Waals surface area contributed by atoms with Crippen molar-refractivity contribution in [3.63, 3.8) is 0 Å². The normalized spacial score (nSPS) is 21.1. The van der Waals surface area contributed by atoms with Crippen LogP contribution in [-0.4, -0.2) is 48.1 Å². The monoisotopic (exact) mass is 332 g/mol. The Bertz CT molecular complexity index is 351. The van der Waals surface area contributed by atoms with Crippen molar-refractivity contribution in [3.05, 3.63) is 0 Å². The molecule has 1 aliphatic heterocycles. The van der Waals surface area contributed by atoms with Crippen LogP contribution in [0.5, 0.6) is 0 Å². The first-order valence-electron chi connectivity index (χ1n) is 8.37. The summed E-state index contributed by atoms with van der Waals surface area (Å²) in [5, 5.41) is 12.0. The van der Waals surface area contributed by atoms with E-state index in [9.17, 15) is 9.59 Å². The summed E-state index contributed by atoms with van der Waals surface area (Å²) in [4.78, 5) is 25.0. The maximum atomic E-state index is 11.9. The second kappa shape index (κ2) is 10.1. The Morgan fingerprint density at radius 3 is 2.27 bits per heavy atom. The number of amides is 1. The Balaban J connectivity index is 0.00000242. The first kappa shape index (κ1) is 19.2. The fourth-order valence-corrected chi connectivity index (χ4v) is 3.40. The number of carboxylic acids is 1. The van der Waals surface area contributed by atoms with E-state index in [1.165, 1.54) is 32.1 Å². The van der Waals surface area contributed by atoms with Crippen molar-refractivity contribution in [2.75, 3.05) is 26.2 Å².